The molecule has 0 saturated carbocycles. The number of hydrogen-bond donors (Lipinski definition) is 2. The van der Waals surface area contributed by atoms with Crippen LogP contribution in [-0.2, 0) is 27.2 Å². The Morgan fingerprint density at radius 3 is 1.69 bits per heavy atom. The molecule has 0 radical (unpaired) electrons. The van der Waals surface area contributed by atoms with Crippen molar-refractivity contribution >= 4 is 33.4 Å². The van der Waals surface area contributed by atoms with E-state index in [1.165, 1.54) is 0 Å². The van der Waals surface area contributed by atoms with Crippen LogP contribution in [-0.4, -0.2) is 72.6 Å². The molecule has 5 rings (SSSR count). The maximum atomic E-state index is 14.0. The number of hydrogen-bond acceptors (Lipinski definition) is 5. The smallest absolute Gasteiger partial charge is 0.240 e. The minimum absolute atomic E-state index is 0.0573. The Bertz CT molecular complexity index is 1600. The predicted octanol–water partition coefficient (Wildman–Crippen LogP) is 5.31. The van der Waals surface area contributed by atoms with E-state index in [0.29, 0.717) is 38.5 Å². The quantitative estimate of drug-likeness (QED) is 0.212. The fourth-order valence-corrected chi connectivity index (χ4v) is 6.79. The molecule has 4 aromatic carbocycles. The summed E-state index contributed by atoms with van der Waals surface area (Å²) in [5, 5.41) is 4.60. The van der Waals surface area contributed by atoms with Crippen LogP contribution in [0, 0.1) is 5.92 Å². The molecular weight excluding hydrogens is 560 g/mol. The summed E-state index contributed by atoms with van der Waals surface area (Å²) in [7, 11) is 1.68. The predicted molar refractivity (Wildman–Crippen MR) is 183 cm³/mol. The Balaban J connectivity index is 1.33. The molecule has 4 aromatic rings. The molecule has 45 heavy (non-hydrogen) atoms. The van der Waals surface area contributed by atoms with Gasteiger partial charge in [0.2, 0.25) is 11.8 Å². The van der Waals surface area contributed by atoms with Crippen molar-refractivity contribution in [1.29, 1.82) is 0 Å². The molecule has 1 fully saturated rings. The van der Waals surface area contributed by atoms with Crippen molar-refractivity contribution in [3.63, 3.8) is 0 Å². The molecule has 1 heterocycles. The van der Waals surface area contributed by atoms with Crippen LogP contribution in [0.4, 0.5) is 0 Å². The van der Waals surface area contributed by atoms with Crippen LogP contribution in [0.2, 0.25) is 0 Å². The molecule has 2 amide bonds. The lowest BCUT2D eigenvalue weighted by atomic mass is 9.93. The fraction of sp³-hybridized carbons (Fsp3) is 0.421. The van der Waals surface area contributed by atoms with E-state index in [1.807, 2.05) is 34.1 Å². The Kier molecular flexibility index (Phi) is 10.9. The number of amides is 2. The van der Waals surface area contributed by atoms with Gasteiger partial charge < -0.3 is 26.0 Å². The van der Waals surface area contributed by atoms with E-state index in [1.54, 1.807) is 7.11 Å². The summed E-state index contributed by atoms with van der Waals surface area (Å²) in [5.74, 6) is 0.222. The van der Waals surface area contributed by atoms with Crippen LogP contribution in [0.1, 0.15) is 44.2 Å². The van der Waals surface area contributed by atoms with Gasteiger partial charge in [0.25, 0.3) is 0 Å². The number of carbonyl (C=O) groups excluding carboxylic acids is 2. The van der Waals surface area contributed by atoms with E-state index in [2.05, 4.69) is 74.5 Å². The van der Waals surface area contributed by atoms with E-state index in [4.69, 9.17) is 16.2 Å². The first-order valence-corrected chi connectivity index (χ1v) is 16.3. The third-order valence-corrected chi connectivity index (χ3v) is 9.07. The monoisotopic (exact) mass is 608 g/mol. The van der Waals surface area contributed by atoms with E-state index in [-0.39, 0.29) is 23.9 Å². The average molecular weight is 609 g/mol. The molecular formula is C38H48N4O3. The average Bonchev–Trinajstić information content (AvgIpc) is 3.04. The van der Waals surface area contributed by atoms with E-state index in [0.717, 1.165) is 51.9 Å². The Morgan fingerprint density at radius 1 is 0.733 bits per heavy atom. The lowest BCUT2D eigenvalue weighted by Gasteiger charge is -2.48. The van der Waals surface area contributed by atoms with Gasteiger partial charge in [-0.15, -0.1) is 0 Å². The molecule has 0 aliphatic carbocycles. The first-order chi connectivity index (χ1) is 21.7. The van der Waals surface area contributed by atoms with Gasteiger partial charge in [-0.05, 0) is 70.7 Å². The van der Waals surface area contributed by atoms with Gasteiger partial charge in [0, 0.05) is 38.9 Å². The molecule has 7 heteroatoms. The zero-order valence-corrected chi connectivity index (χ0v) is 26.9. The lowest BCUT2D eigenvalue weighted by molar-refractivity contribution is -0.149. The standard InChI is InChI=1S/C38H48N4O3/c1-26(2)19-34-25-41(37(43)35(39)22-27-14-16-29-9-4-6-11-31(29)20-27)33(13-8-18-45-3)24-42(34)38(44)36(40)23-28-15-17-30-10-5-7-12-32(30)21-28/h4-7,9-12,14-17,20-21,26,33-36H,8,13,18-19,22-25,39-40H2,1-3H3/t33?,34-,35-,36-/m1/s1. The van der Waals surface area contributed by atoms with Crippen molar-refractivity contribution < 1.29 is 14.3 Å². The van der Waals surface area contributed by atoms with E-state index in [9.17, 15) is 9.59 Å². The molecule has 4 atom stereocenters. The van der Waals surface area contributed by atoms with Crippen molar-refractivity contribution in [3.8, 4) is 0 Å². The Morgan fingerprint density at radius 2 is 1.20 bits per heavy atom. The number of rotatable bonds is 12. The zero-order valence-electron chi connectivity index (χ0n) is 26.9. The van der Waals surface area contributed by atoms with Gasteiger partial charge in [-0.1, -0.05) is 98.8 Å². The van der Waals surface area contributed by atoms with Gasteiger partial charge in [-0.2, -0.15) is 0 Å². The highest BCUT2D eigenvalue weighted by molar-refractivity contribution is 5.87. The summed E-state index contributed by atoms with van der Waals surface area (Å²) in [6, 6.07) is 27.3. The number of piperazine rings is 1. The summed E-state index contributed by atoms with van der Waals surface area (Å²) in [6.07, 6.45) is 3.20. The van der Waals surface area contributed by atoms with Gasteiger partial charge in [-0.25, -0.2) is 0 Å². The maximum Gasteiger partial charge on any atom is 0.240 e. The number of carbonyl (C=O) groups is 2. The largest absolute Gasteiger partial charge is 0.385 e. The van der Waals surface area contributed by atoms with Crippen molar-refractivity contribution in [2.75, 3.05) is 26.8 Å². The third-order valence-electron chi connectivity index (χ3n) is 9.07. The molecule has 1 aliphatic heterocycles. The van der Waals surface area contributed by atoms with Crippen LogP contribution in [0.25, 0.3) is 21.5 Å². The zero-order chi connectivity index (χ0) is 31.9. The fourth-order valence-electron chi connectivity index (χ4n) is 6.79. The first-order valence-electron chi connectivity index (χ1n) is 16.3. The number of nitrogens with zero attached hydrogens (tertiary/aromatic N) is 2. The topological polar surface area (TPSA) is 102 Å². The van der Waals surface area contributed by atoms with Crippen LogP contribution >= 0.6 is 0 Å². The lowest BCUT2D eigenvalue weighted by Crippen LogP contribution is -2.65. The second-order valence-corrected chi connectivity index (χ2v) is 13.0. The molecule has 0 aromatic heterocycles. The Labute approximate surface area is 267 Å². The maximum absolute atomic E-state index is 14.0. The molecule has 1 aliphatic rings. The number of methoxy groups -OCH3 is 1. The van der Waals surface area contributed by atoms with Crippen LogP contribution < -0.4 is 11.5 Å². The Hall–Kier alpha value is -3.78. The SMILES string of the molecule is COCCCC1CN(C(=O)[C@H](N)Cc2ccc3ccccc3c2)[C@H](CC(C)C)CN1C(=O)[C@H](N)Cc1ccc2ccccc2c1. The summed E-state index contributed by atoms with van der Waals surface area (Å²) < 4.78 is 5.34. The second-order valence-electron chi connectivity index (χ2n) is 13.0. The van der Waals surface area contributed by atoms with Gasteiger partial charge in [-0.3, -0.25) is 9.59 Å². The molecule has 0 spiro atoms. The molecule has 7 nitrogen and oxygen atoms in total. The highest BCUT2D eigenvalue weighted by Gasteiger charge is 2.40. The first kappa shape index (κ1) is 32.6. The highest BCUT2D eigenvalue weighted by atomic mass is 16.5. The second kappa shape index (κ2) is 15.0. The van der Waals surface area contributed by atoms with Crippen molar-refractivity contribution in [2.45, 2.75) is 70.1 Å². The van der Waals surface area contributed by atoms with E-state index < -0.39 is 12.1 Å². The number of fused-ring (bicyclic) bond motifs is 2. The van der Waals surface area contributed by atoms with Gasteiger partial charge >= 0.3 is 0 Å². The summed E-state index contributed by atoms with van der Waals surface area (Å²) in [4.78, 5) is 32.0. The van der Waals surface area contributed by atoms with Crippen LogP contribution in [0.5, 0.6) is 0 Å². The number of benzene rings is 4. The van der Waals surface area contributed by atoms with Crippen LogP contribution in [0.3, 0.4) is 0 Å². The van der Waals surface area contributed by atoms with Crippen molar-refractivity contribution in [3.05, 3.63) is 96.1 Å². The number of nitrogens with two attached hydrogens (primary N) is 2. The summed E-state index contributed by atoms with van der Waals surface area (Å²) >= 11 is 0. The molecule has 1 saturated heterocycles. The minimum Gasteiger partial charge on any atom is -0.385 e. The molecule has 0 bridgehead atoms. The van der Waals surface area contributed by atoms with Crippen molar-refractivity contribution in [1.82, 2.24) is 9.80 Å². The normalized spacial score (nSPS) is 18.4. The molecule has 1 unspecified atom stereocenters. The third kappa shape index (κ3) is 8.09. The van der Waals surface area contributed by atoms with Crippen LogP contribution in [0.15, 0.2) is 84.9 Å². The molecule has 4 N–H and O–H groups in total. The highest BCUT2D eigenvalue weighted by Crippen LogP contribution is 2.26. The van der Waals surface area contributed by atoms with Gasteiger partial charge in [0.15, 0.2) is 0 Å². The number of ether oxygens (including phenoxy) is 1. The minimum atomic E-state index is -0.673. The molecule has 238 valence electrons. The van der Waals surface area contributed by atoms with Gasteiger partial charge in [0.1, 0.15) is 0 Å². The van der Waals surface area contributed by atoms with Gasteiger partial charge in [0.05, 0.1) is 12.1 Å². The summed E-state index contributed by atoms with van der Waals surface area (Å²) in [5.41, 5.74) is 15.4. The summed E-state index contributed by atoms with van der Waals surface area (Å²) in [6.45, 7) is 5.79. The van der Waals surface area contributed by atoms with E-state index >= 15 is 0 Å². The van der Waals surface area contributed by atoms with Crippen molar-refractivity contribution in [2.24, 2.45) is 17.4 Å².